The van der Waals surface area contributed by atoms with Gasteiger partial charge < -0.3 is 14.6 Å². The van der Waals surface area contributed by atoms with Gasteiger partial charge in [-0.1, -0.05) is 24.3 Å². The summed E-state index contributed by atoms with van der Waals surface area (Å²) in [4.78, 5) is 16.4. The van der Waals surface area contributed by atoms with Crippen LogP contribution in [0.2, 0.25) is 0 Å². The van der Waals surface area contributed by atoms with Crippen molar-refractivity contribution in [3.63, 3.8) is 0 Å². The molecule has 1 aliphatic rings. The number of nitrogens with one attached hydrogen (secondary N) is 1. The molecule has 0 unspecified atom stereocenters. The van der Waals surface area contributed by atoms with E-state index in [1.807, 2.05) is 30.3 Å². The molecule has 168 valence electrons. The molecule has 0 saturated carbocycles. The SMILES string of the molecule is O=C(Nc1cccc(F)c1)N1CCN(Cc2cc3cc(-c4cccc(F)c4)ccc3o2)CC1. The third-order valence-electron chi connectivity index (χ3n) is 5.84. The van der Waals surface area contributed by atoms with Crippen molar-refractivity contribution in [3.05, 3.63) is 90.2 Å². The van der Waals surface area contributed by atoms with Crippen LogP contribution in [0.4, 0.5) is 19.3 Å². The molecule has 0 radical (unpaired) electrons. The Morgan fingerprint density at radius 1 is 0.848 bits per heavy atom. The molecule has 0 bridgehead atoms. The first-order valence-electron chi connectivity index (χ1n) is 10.9. The average molecular weight is 447 g/mol. The number of halogens is 2. The standard InChI is InChI=1S/C26H23F2N3O2/c27-21-4-1-3-18(14-21)19-7-8-25-20(13-19)15-24(33-25)17-30-9-11-31(12-10-30)26(32)29-23-6-2-5-22(28)16-23/h1-8,13-16H,9-12,17H2,(H,29,32). The lowest BCUT2D eigenvalue weighted by Crippen LogP contribution is -2.49. The zero-order valence-electron chi connectivity index (χ0n) is 17.9. The smallest absolute Gasteiger partial charge is 0.321 e. The van der Waals surface area contributed by atoms with Crippen LogP contribution >= 0.6 is 0 Å². The highest BCUT2D eigenvalue weighted by Crippen LogP contribution is 2.28. The summed E-state index contributed by atoms with van der Waals surface area (Å²) in [5.41, 5.74) is 3.00. The average Bonchev–Trinajstić information content (AvgIpc) is 3.21. The summed E-state index contributed by atoms with van der Waals surface area (Å²) in [6.45, 7) is 3.21. The normalized spacial score (nSPS) is 14.5. The van der Waals surface area contributed by atoms with Crippen molar-refractivity contribution < 1.29 is 18.0 Å². The summed E-state index contributed by atoms with van der Waals surface area (Å²) < 4.78 is 32.9. The van der Waals surface area contributed by atoms with Crippen molar-refractivity contribution in [2.24, 2.45) is 0 Å². The maximum absolute atomic E-state index is 13.6. The summed E-state index contributed by atoms with van der Waals surface area (Å²) in [5.74, 6) is 0.204. The van der Waals surface area contributed by atoms with Crippen LogP contribution in [0.15, 0.2) is 77.2 Å². The predicted octanol–water partition coefficient (Wildman–Crippen LogP) is 5.73. The quantitative estimate of drug-likeness (QED) is 0.435. The molecular formula is C26H23F2N3O2. The van der Waals surface area contributed by atoms with E-state index in [1.165, 1.54) is 24.3 Å². The predicted molar refractivity (Wildman–Crippen MR) is 124 cm³/mol. The van der Waals surface area contributed by atoms with Crippen LogP contribution in [0, 0.1) is 11.6 Å². The Labute approximate surface area is 190 Å². The van der Waals surface area contributed by atoms with Gasteiger partial charge in [0.05, 0.1) is 6.54 Å². The first-order chi connectivity index (χ1) is 16.0. The summed E-state index contributed by atoms with van der Waals surface area (Å²) in [5, 5.41) is 3.72. The molecule has 1 aromatic heterocycles. The van der Waals surface area contributed by atoms with E-state index in [4.69, 9.17) is 4.42 Å². The molecule has 1 aliphatic heterocycles. The van der Waals surface area contributed by atoms with Gasteiger partial charge in [0.15, 0.2) is 0 Å². The molecule has 5 rings (SSSR count). The summed E-state index contributed by atoms with van der Waals surface area (Å²) in [7, 11) is 0. The molecule has 0 aliphatic carbocycles. The number of furan rings is 1. The molecule has 1 fully saturated rings. The third kappa shape index (κ3) is 4.88. The molecule has 33 heavy (non-hydrogen) atoms. The number of amides is 2. The van der Waals surface area contributed by atoms with Crippen LogP contribution in [0.1, 0.15) is 5.76 Å². The van der Waals surface area contributed by atoms with Crippen molar-refractivity contribution in [2.75, 3.05) is 31.5 Å². The maximum atomic E-state index is 13.6. The zero-order chi connectivity index (χ0) is 22.8. The van der Waals surface area contributed by atoms with Crippen molar-refractivity contribution >= 4 is 22.7 Å². The summed E-state index contributed by atoms with van der Waals surface area (Å²) >= 11 is 0. The number of anilines is 1. The van der Waals surface area contributed by atoms with E-state index in [0.29, 0.717) is 38.4 Å². The number of hydrogen-bond acceptors (Lipinski definition) is 3. The van der Waals surface area contributed by atoms with Crippen LogP contribution < -0.4 is 5.32 Å². The highest BCUT2D eigenvalue weighted by Gasteiger charge is 2.22. The number of urea groups is 1. The zero-order valence-corrected chi connectivity index (χ0v) is 17.9. The van der Waals surface area contributed by atoms with Gasteiger partial charge in [-0.2, -0.15) is 0 Å². The Morgan fingerprint density at radius 3 is 2.33 bits per heavy atom. The van der Waals surface area contributed by atoms with Gasteiger partial charge in [-0.05, 0) is 59.7 Å². The van der Waals surface area contributed by atoms with Crippen LogP contribution in [-0.2, 0) is 6.54 Å². The van der Waals surface area contributed by atoms with Crippen molar-refractivity contribution in [2.45, 2.75) is 6.54 Å². The minimum atomic E-state index is -0.383. The first kappa shape index (κ1) is 21.2. The van der Waals surface area contributed by atoms with Crippen molar-refractivity contribution in [3.8, 4) is 11.1 Å². The number of carbonyl (C=O) groups excluding carboxylic acids is 1. The number of nitrogens with zero attached hydrogens (tertiary/aromatic N) is 2. The van der Waals surface area contributed by atoms with Gasteiger partial charge in [-0.3, -0.25) is 4.90 Å². The Morgan fingerprint density at radius 2 is 1.58 bits per heavy atom. The molecule has 2 heterocycles. The van der Waals surface area contributed by atoms with Crippen molar-refractivity contribution in [1.82, 2.24) is 9.80 Å². The molecule has 2 amide bonds. The molecule has 5 nitrogen and oxygen atoms in total. The number of carbonyl (C=O) groups is 1. The minimum absolute atomic E-state index is 0.228. The van der Waals surface area contributed by atoms with E-state index in [-0.39, 0.29) is 17.7 Å². The first-order valence-corrected chi connectivity index (χ1v) is 10.9. The van der Waals surface area contributed by atoms with Gasteiger partial charge in [0.1, 0.15) is 23.0 Å². The second-order valence-electron chi connectivity index (χ2n) is 8.18. The van der Waals surface area contributed by atoms with Crippen LogP contribution in [-0.4, -0.2) is 42.0 Å². The van der Waals surface area contributed by atoms with Crippen molar-refractivity contribution in [1.29, 1.82) is 0 Å². The Hall–Kier alpha value is -3.71. The molecular weight excluding hydrogens is 424 g/mol. The highest BCUT2D eigenvalue weighted by atomic mass is 19.1. The number of benzene rings is 3. The molecule has 0 spiro atoms. The molecule has 7 heteroatoms. The van der Waals surface area contributed by atoms with Crippen LogP contribution in [0.3, 0.4) is 0 Å². The van der Waals surface area contributed by atoms with Crippen LogP contribution in [0.25, 0.3) is 22.1 Å². The Kier molecular flexibility index (Phi) is 5.79. The number of rotatable bonds is 4. The Bertz CT molecular complexity index is 1300. The summed E-state index contributed by atoms with van der Waals surface area (Å²) in [6.07, 6.45) is 0. The van der Waals surface area contributed by atoms with Gasteiger partial charge in [0.2, 0.25) is 0 Å². The molecule has 1 saturated heterocycles. The van der Waals surface area contributed by atoms with E-state index >= 15 is 0 Å². The molecule has 1 N–H and O–H groups in total. The minimum Gasteiger partial charge on any atom is -0.460 e. The summed E-state index contributed by atoms with van der Waals surface area (Å²) in [6, 6.07) is 20.0. The van der Waals surface area contributed by atoms with E-state index in [0.717, 1.165) is 27.9 Å². The maximum Gasteiger partial charge on any atom is 0.321 e. The van der Waals surface area contributed by atoms with Gasteiger partial charge in [-0.25, -0.2) is 13.6 Å². The highest BCUT2D eigenvalue weighted by molar-refractivity contribution is 5.89. The molecule has 3 aromatic carbocycles. The van der Waals surface area contributed by atoms with Gasteiger partial charge >= 0.3 is 6.03 Å². The second-order valence-corrected chi connectivity index (χ2v) is 8.18. The van der Waals surface area contributed by atoms with Gasteiger partial charge in [0.25, 0.3) is 0 Å². The second kappa shape index (κ2) is 9.03. The van der Waals surface area contributed by atoms with E-state index in [2.05, 4.69) is 10.2 Å². The number of fused-ring (bicyclic) bond motifs is 1. The van der Waals surface area contributed by atoms with E-state index < -0.39 is 0 Å². The lowest BCUT2D eigenvalue weighted by Gasteiger charge is -2.34. The number of hydrogen-bond donors (Lipinski definition) is 1. The molecule has 0 atom stereocenters. The van der Waals surface area contributed by atoms with Crippen LogP contribution in [0.5, 0.6) is 0 Å². The lowest BCUT2D eigenvalue weighted by atomic mass is 10.0. The topological polar surface area (TPSA) is 48.7 Å². The fraction of sp³-hybridized carbons (Fsp3) is 0.192. The fourth-order valence-corrected chi connectivity index (χ4v) is 4.12. The number of piperazine rings is 1. The van der Waals surface area contributed by atoms with E-state index in [1.54, 1.807) is 23.1 Å². The lowest BCUT2D eigenvalue weighted by molar-refractivity contribution is 0.137. The van der Waals surface area contributed by atoms with Gasteiger partial charge in [0, 0.05) is 37.3 Å². The third-order valence-corrected chi connectivity index (χ3v) is 5.84. The fourth-order valence-electron chi connectivity index (χ4n) is 4.12. The Balaban J connectivity index is 1.20. The van der Waals surface area contributed by atoms with Gasteiger partial charge in [-0.15, -0.1) is 0 Å². The monoisotopic (exact) mass is 447 g/mol. The largest absolute Gasteiger partial charge is 0.460 e. The van der Waals surface area contributed by atoms with E-state index in [9.17, 15) is 13.6 Å². The molecule has 4 aromatic rings.